The first-order valence-electron chi connectivity index (χ1n) is 6.24. The van der Waals surface area contributed by atoms with E-state index in [2.05, 4.69) is 30.1 Å². The number of rotatable bonds is 4. The molecule has 2 nitrogen and oxygen atoms in total. The second kappa shape index (κ2) is 6.27. The third-order valence-electron chi connectivity index (χ3n) is 3.33. The Morgan fingerprint density at radius 3 is 2.94 bits per heavy atom. The average molecular weight is 254 g/mol. The highest BCUT2D eigenvalue weighted by atomic mass is 35.5. The Hall–Kier alpha value is -0.730. The molecule has 0 aliphatic carbocycles. The van der Waals surface area contributed by atoms with Gasteiger partial charge in [-0.2, -0.15) is 0 Å². The largest absolute Gasteiger partial charge is 0.381 e. The SMILES string of the molecule is CN(CC1CCCOC1)c1ccccc1CCl. The van der Waals surface area contributed by atoms with Gasteiger partial charge < -0.3 is 9.64 Å². The fourth-order valence-corrected chi connectivity index (χ4v) is 2.66. The number of hydrogen-bond donors (Lipinski definition) is 0. The van der Waals surface area contributed by atoms with Crippen molar-refractivity contribution in [1.29, 1.82) is 0 Å². The molecule has 2 rings (SSSR count). The van der Waals surface area contributed by atoms with Crippen LogP contribution in [0.4, 0.5) is 5.69 Å². The van der Waals surface area contributed by atoms with Crippen LogP contribution in [0.2, 0.25) is 0 Å². The number of para-hydroxylation sites is 1. The standard InChI is InChI=1S/C14H20ClNO/c1-16(10-12-5-4-8-17-11-12)14-7-3-2-6-13(14)9-15/h2-3,6-7,12H,4-5,8-11H2,1H3. The van der Waals surface area contributed by atoms with Crippen LogP contribution in [0.1, 0.15) is 18.4 Å². The molecule has 0 bridgehead atoms. The van der Waals surface area contributed by atoms with Crippen LogP contribution < -0.4 is 4.90 Å². The van der Waals surface area contributed by atoms with Crippen molar-refractivity contribution in [3.05, 3.63) is 29.8 Å². The zero-order valence-electron chi connectivity index (χ0n) is 10.4. The van der Waals surface area contributed by atoms with Gasteiger partial charge in [0.25, 0.3) is 0 Å². The summed E-state index contributed by atoms with van der Waals surface area (Å²) in [4.78, 5) is 2.30. The molecule has 0 aromatic heterocycles. The zero-order valence-corrected chi connectivity index (χ0v) is 11.1. The lowest BCUT2D eigenvalue weighted by Crippen LogP contribution is -2.31. The lowest BCUT2D eigenvalue weighted by atomic mass is 10.0. The summed E-state index contributed by atoms with van der Waals surface area (Å²) in [5, 5.41) is 0. The van der Waals surface area contributed by atoms with Gasteiger partial charge in [-0.25, -0.2) is 0 Å². The fraction of sp³-hybridized carbons (Fsp3) is 0.571. The van der Waals surface area contributed by atoms with E-state index in [-0.39, 0.29) is 0 Å². The molecule has 94 valence electrons. The van der Waals surface area contributed by atoms with Gasteiger partial charge in [-0.15, -0.1) is 11.6 Å². The molecule has 1 aromatic carbocycles. The highest BCUT2D eigenvalue weighted by molar-refractivity contribution is 6.17. The Morgan fingerprint density at radius 1 is 1.41 bits per heavy atom. The Kier molecular flexibility index (Phi) is 4.69. The molecule has 0 spiro atoms. The molecule has 0 radical (unpaired) electrons. The minimum Gasteiger partial charge on any atom is -0.381 e. The van der Waals surface area contributed by atoms with Crippen molar-refractivity contribution in [2.24, 2.45) is 5.92 Å². The number of anilines is 1. The topological polar surface area (TPSA) is 12.5 Å². The molecule has 1 atom stereocenters. The van der Waals surface area contributed by atoms with Gasteiger partial charge in [0, 0.05) is 31.8 Å². The lowest BCUT2D eigenvalue weighted by Gasteiger charge is -2.29. The molecule has 0 N–H and O–H groups in total. The maximum absolute atomic E-state index is 5.97. The van der Waals surface area contributed by atoms with Gasteiger partial charge in [-0.05, 0) is 30.4 Å². The summed E-state index contributed by atoms with van der Waals surface area (Å²) in [5.74, 6) is 1.22. The van der Waals surface area contributed by atoms with E-state index in [1.807, 2.05) is 6.07 Å². The molecule has 17 heavy (non-hydrogen) atoms. The number of alkyl halides is 1. The summed E-state index contributed by atoms with van der Waals surface area (Å²) in [6.45, 7) is 2.87. The van der Waals surface area contributed by atoms with E-state index in [4.69, 9.17) is 16.3 Å². The van der Waals surface area contributed by atoms with Crippen LogP contribution in [-0.4, -0.2) is 26.8 Å². The van der Waals surface area contributed by atoms with Crippen LogP contribution in [0.25, 0.3) is 0 Å². The molecule has 0 amide bonds. The molecule has 3 heteroatoms. The van der Waals surface area contributed by atoms with Crippen molar-refractivity contribution < 1.29 is 4.74 Å². The maximum atomic E-state index is 5.97. The molecule has 1 aliphatic heterocycles. The highest BCUT2D eigenvalue weighted by Gasteiger charge is 2.17. The van der Waals surface area contributed by atoms with Gasteiger partial charge in [-0.1, -0.05) is 18.2 Å². The van der Waals surface area contributed by atoms with Crippen LogP contribution in [0, 0.1) is 5.92 Å². The van der Waals surface area contributed by atoms with Crippen LogP contribution in [0.3, 0.4) is 0 Å². The van der Waals surface area contributed by atoms with Gasteiger partial charge in [0.15, 0.2) is 0 Å². The van der Waals surface area contributed by atoms with E-state index in [0.717, 1.165) is 19.8 Å². The fourth-order valence-electron chi connectivity index (χ4n) is 2.43. The highest BCUT2D eigenvalue weighted by Crippen LogP contribution is 2.23. The minimum absolute atomic E-state index is 0.571. The van der Waals surface area contributed by atoms with Crippen molar-refractivity contribution in [3.8, 4) is 0 Å². The number of benzene rings is 1. The second-order valence-corrected chi connectivity index (χ2v) is 4.99. The zero-order chi connectivity index (χ0) is 12.1. The smallest absolute Gasteiger partial charge is 0.0511 e. The van der Waals surface area contributed by atoms with E-state index in [1.165, 1.54) is 24.1 Å². The van der Waals surface area contributed by atoms with Crippen molar-refractivity contribution in [1.82, 2.24) is 0 Å². The third kappa shape index (κ3) is 3.36. The van der Waals surface area contributed by atoms with Crippen LogP contribution in [-0.2, 0) is 10.6 Å². The van der Waals surface area contributed by atoms with Gasteiger partial charge in [0.2, 0.25) is 0 Å². The van der Waals surface area contributed by atoms with Crippen LogP contribution >= 0.6 is 11.6 Å². The first-order chi connectivity index (χ1) is 8.31. The minimum atomic E-state index is 0.571. The first-order valence-corrected chi connectivity index (χ1v) is 6.77. The predicted octanol–water partition coefficient (Wildman–Crippen LogP) is 3.29. The third-order valence-corrected chi connectivity index (χ3v) is 3.62. The summed E-state index contributed by atoms with van der Waals surface area (Å²) in [6, 6.07) is 8.34. The van der Waals surface area contributed by atoms with Crippen LogP contribution in [0.15, 0.2) is 24.3 Å². The Labute approximate surface area is 109 Å². The molecule has 1 aliphatic rings. The molecular formula is C14H20ClNO. The number of nitrogens with zero attached hydrogens (tertiary/aromatic N) is 1. The number of hydrogen-bond acceptors (Lipinski definition) is 2. The van der Waals surface area contributed by atoms with Gasteiger partial charge in [0.1, 0.15) is 0 Å². The first kappa shape index (κ1) is 12.7. The Bertz CT molecular complexity index is 350. The van der Waals surface area contributed by atoms with Crippen molar-refractivity contribution in [2.75, 3.05) is 31.7 Å². The molecule has 1 fully saturated rings. The normalized spacial score (nSPS) is 20.2. The molecule has 0 saturated carbocycles. The lowest BCUT2D eigenvalue weighted by molar-refractivity contribution is 0.0576. The van der Waals surface area contributed by atoms with E-state index in [1.54, 1.807) is 0 Å². The van der Waals surface area contributed by atoms with Gasteiger partial charge in [0.05, 0.1) is 6.61 Å². The van der Waals surface area contributed by atoms with E-state index >= 15 is 0 Å². The van der Waals surface area contributed by atoms with Crippen molar-refractivity contribution in [2.45, 2.75) is 18.7 Å². The van der Waals surface area contributed by atoms with Crippen LogP contribution in [0.5, 0.6) is 0 Å². The van der Waals surface area contributed by atoms with E-state index in [9.17, 15) is 0 Å². The summed E-state index contributed by atoms with van der Waals surface area (Å²) >= 11 is 5.97. The Morgan fingerprint density at radius 2 is 2.24 bits per heavy atom. The molecule has 1 heterocycles. The molecule has 1 saturated heterocycles. The number of ether oxygens (including phenoxy) is 1. The maximum Gasteiger partial charge on any atom is 0.0511 e. The second-order valence-electron chi connectivity index (χ2n) is 4.73. The average Bonchev–Trinajstić information content (AvgIpc) is 2.40. The summed E-state index contributed by atoms with van der Waals surface area (Å²) in [7, 11) is 2.14. The van der Waals surface area contributed by atoms with E-state index < -0.39 is 0 Å². The van der Waals surface area contributed by atoms with Gasteiger partial charge in [-0.3, -0.25) is 0 Å². The Balaban J connectivity index is 2.00. The molecule has 1 unspecified atom stereocenters. The van der Waals surface area contributed by atoms with Gasteiger partial charge >= 0.3 is 0 Å². The molecular weight excluding hydrogens is 234 g/mol. The monoisotopic (exact) mass is 253 g/mol. The van der Waals surface area contributed by atoms with E-state index in [0.29, 0.717) is 11.8 Å². The quantitative estimate of drug-likeness (QED) is 0.764. The summed E-state index contributed by atoms with van der Waals surface area (Å²) in [5.41, 5.74) is 2.45. The molecule has 1 aromatic rings. The summed E-state index contributed by atoms with van der Waals surface area (Å²) < 4.78 is 5.52. The predicted molar refractivity (Wildman–Crippen MR) is 72.8 cm³/mol. The summed E-state index contributed by atoms with van der Waals surface area (Å²) in [6.07, 6.45) is 2.46. The van der Waals surface area contributed by atoms with Crippen molar-refractivity contribution >= 4 is 17.3 Å². The number of halogens is 1. The van der Waals surface area contributed by atoms with Crippen molar-refractivity contribution in [3.63, 3.8) is 0 Å².